The Kier molecular flexibility index (Phi) is 4.65. The number of carbonyl (C=O) groups is 2. The first-order valence-corrected chi connectivity index (χ1v) is 7.26. The Balaban J connectivity index is 2.04. The number of carbonyl (C=O) groups excluding carboxylic acids is 2. The van der Waals surface area contributed by atoms with Crippen molar-refractivity contribution in [2.45, 2.75) is 38.8 Å². The highest BCUT2D eigenvalue weighted by molar-refractivity contribution is 6.30. The van der Waals surface area contributed by atoms with E-state index in [4.69, 9.17) is 11.6 Å². The van der Waals surface area contributed by atoms with Gasteiger partial charge in [-0.25, -0.2) is 0 Å². The van der Waals surface area contributed by atoms with Gasteiger partial charge in [0.15, 0.2) is 0 Å². The van der Waals surface area contributed by atoms with Gasteiger partial charge >= 0.3 is 0 Å². The Bertz CT molecular complexity index is 501. The third kappa shape index (κ3) is 3.12. The zero-order valence-corrected chi connectivity index (χ0v) is 12.5. The Morgan fingerprint density at radius 2 is 1.90 bits per heavy atom. The number of hydrogen-bond acceptors (Lipinski definition) is 2. The fourth-order valence-corrected chi connectivity index (χ4v) is 2.49. The fourth-order valence-electron chi connectivity index (χ4n) is 2.37. The minimum atomic E-state index is -0.405. The maximum Gasteiger partial charge on any atom is 0.245 e. The molecule has 1 aromatic carbocycles. The highest BCUT2D eigenvalue weighted by Crippen LogP contribution is 2.14. The molecule has 0 spiro atoms. The van der Waals surface area contributed by atoms with Crippen molar-refractivity contribution in [3.05, 3.63) is 34.9 Å². The molecule has 0 aromatic heterocycles. The average molecular weight is 295 g/mol. The van der Waals surface area contributed by atoms with E-state index in [9.17, 15) is 9.59 Å². The average Bonchev–Trinajstić information content (AvgIpc) is 2.44. The quantitative estimate of drug-likeness (QED) is 0.923. The molecule has 1 aliphatic rings. The summed E-state index contributed by atoms with van der Waals surface area (Å²) in [5.41, 5.74) is 1.11. The van der Waals surface area contributed by atoms with Crippen LogP contribution in [0.25, 0.3) is 0 Å². The molecule has 0 bridgehead atoms. The molecule has 2 atom stereocenters. The number of rotatable bonds is 4. The molecular weight excluding hydrogens is 276 g/mol. The van der Waals surface area contributed by atoms with Gasteiger partial charge in [0.05, 0.1) is 0 Å². The first-order chi connectivity index (χ1) is 9.52. The molecule has 4 nitrogen and oxygen atoms in total. The Morgan fingerprint density at radius 1 is 1.25 bits per heavy atom. The van der Waals surface area contributed by atoms with E-state index in [-0.39, 0.29) is 17.9 Å². The summed E-state index contributed by atoms with van der Waals surface area (Å²) in [6, 6.07) is 6.76. The lowest BCUT2D eigenvalue weighted by Gasteiger charge is -2.37. The van der Waals surface area contributed by atoms with Crippen LogP contribution in [0.15, 0.2) is 24.3 Å². The van der Waals surface area contributed by atoms with Crippen molar-refractivity contribution in [2.24, 2.45) is 0 Å². The Hall–Kier alpha value is -1.55. The van der Waals surface area contributed by atoms with E-state index >= 15 is 0 Å². The molecule has 0 saturated carbocycles. The van der Waals surface area contributed by atoms with Crippen LogP contribution in [-0.4, -0.2) is 35.3 Å². The number of nitrogens with zero attached hydrogens (tertiary/aromatic N) is 1. The van der Waals surface area contributed by atoms with Gasteiger partial charge < -0.3 is 10.2 Å². The van der Waals surface area contributed by atoms with Crippen LogP contribution in [0, 0.1) is 0 Å². The van der Waals surface area contributed by atoms with Crippen molar-refractivity contribution in [1.29, 1.82) is 0 Å². The smallest absolute Gasteiger partial charge is 0.245 e. The lowest BCUT2D eigenvalue weighted by Crippen LogP contribution is -2.62. The second-order valence-corrected chi connectivity index (χ2v) is 5.49. The van der Waals surface area contributed by atoms with Gasteiger partial charge in [0, 0.05) is 11.6 Å². The van der Waals surface area contributed by atoms with Crippen LogP contribution in [-0.2, 0) is 16.0 Å². The van der Waals surface area contributed by atoms with Gasteiger partial charge in [-0.15, -0.1) is 0 Å². The molecule has 1 aliphatic heterocycles. The molecule has 0 radical (unpaired) electrons. The summed E-state index contributed by atoms with van der Waals surface area (Å²) >= 11 is 5.85. The van der Waals surface area contributed by atoms with Crippen LogP contribution in [0.3, 0.4) is 0 Å². The lowest BCUT2D eigenvalue weighted by molar-refractivity contribution is -0.148. The summed E-state index contributed by atoms with van der Waals surface area (Å²) < 4.78 is 0. The second-order valence-electron chi connectivity index (χ2n) is 5.05. The normalized spacial score (nSPS) is 22.9. The van der Waals surface area contributed by atoms with Gasteiger partial charge in [-0.05, 0) is 37.5 Å². The van der Waals surface area contributed by atoms with Crippen molar-refractivity contribution in [2.75, 3.05) is 6.54 Å². The first-order valence-electron chi connectivity index (χ1n) is 6.88. The molecule has 1 saturated heterocycles. The highest BCUT2D eigenvalue weighted by atomic mass is 35.5. The molecule has 20 heavy (non-hydrogen) atoms. The van der Waals surface area contributed by atoms with Gasteiger partial charge in [-0.1, -0.05) is 30.7 Å². The zero-order valence-electron chi connectivity index (χ0n) is 11.7. The monoisotopic (exact) mass is 294 g/mol. The van der Waals surface area contributed by atoms with E-state index in [1.807, 2.05) is 31.2 Å². The Morgan fingerprint density at radius 3 is 2.50 bits per heavy atom. The molecule has 108 valence electrons. The predicted octanol–water partition coefficient (Wildman–Crippen LogP) is 2.01. The molecule has 2 rings (SSSR count). The van der Waals surface area contributed by atoms with Crippen molar-refractivity contribution < 1.29 is 9.59 Å². The zero-order chi connectivity index (χ0) is 14.7. The summed E-state index contributed by atoms with van der Waals surface area (Å²) in [6.45, 7) is 4.21. The molecule has 2 amide bonds. The lowest BCUT2D eigenvalue weighted by atomic mass is 10.0. The van der Waals surface area contributed by atoms with E-state index in [1.54, 1.807) is 11.8 Å². The summed E-state index contributed by atoms with van der Waals surface area (Å²) in [5.74, 6) is -0.0684. The summed E-state index contributed by atoms with van der Waals surface area (Å²) in [5, 5.41) is 3.45. The SMILES string of the molecule is CCC1NC(=O)C(C)N(CCc2ccc(Cl)cc2)C1=O. The number of halogens is 1. The van der Waals surface area contributed by atoms with Crippen LogP contribution >= 0.6 is 11.6 Å². The van der Waals surface area contributed by atoms with Gasteiger partial charge in [-0.3, -0.25) is 9.59 Å². The van der Waals surface area contributed by atoms with Crippen molar-refractivity contribution in [3.63, 3.8) is 0 Å². The fraction of sp³-hybridized carbons (Fsp3) is 0.467. The second kappa shape index (κ2) is 6.27. The van der Waals surface area contributed by atoms with Crippen molar-refractivity contribution in [3.8, 4) is 0 Å². The highest BCUT2D eigenvalue weighted by Gasteiger charge is 2.36. The van der Waals surface area contributed by atoms with Crippen molar-refractivity contribution >= 4 is 23.4 Å². The van der Waals surface area contributed by atoms with Gasteiger partial charge in [-0.2, -0.15) is 0 Å². The minimum Gasteiger partial charge on any atom is -0.343 e. The molecular formula is C15H19ClN2O2. The van der Waals surface area contributed by atoms with Crippen LogP contribution in [0.5, 0.6) is 0 Å². The number of amides is 2. The molecule has 5 heteroatoms. The standard InChI is InChI=1S/C15H19ClN2O2/c1-3-13-15(20)18(10(2)14(19)17-13)9-8-11-4-6-12(16)7-5-11/h4-7,10,13H,3,8-9H2,1-2H3,(H,17,19). The van der Waals surface area contributed by atoms with Crippen LogP contribution in [0.2, 0.25) is 5.02 Å². The summed E-state index contributed by atoms with van der Waals surface area (Å²) in [6.07, 6.45) is 1.34. The third-order valence-electron chi connectivity index (χ3n) is 3.71. The van der Waals surface area contributed by atoms with Crippen LogP contribution < -0.4 is 5.32 Å². The molecule has 1 aromatic rings. The maximum absolute atomic E-state index is 12.3. The topological polar surface area (TPSA) is 49.4 Å². The van der Waals surface area contributed by atoms with Crippen LogP contribution in [0.4, 0.5) is 0 Å². The van der Waals surface area contributed by atoms with Crippen molar-refractivity contribution in [1.82, 2.24) is 10.2 Å². The predicted molar refractivity (Wildman–Crippen MR) is 78.6 cm³/mol. The van der Waals surface area contributed by atoms with E-state index in [1.165, 1.54) is 0 Å². The number of nitrogens with one attached hydrogen (secondary N) is 1. The largest absolute Gasteiger partial charge is 0.343 e. The molecule has 0 aliphatic carbocycles. The van der Waals surface area contributed by atoms with Gasteiger partial charge in [0.1, 0.15) is 12.1 Å². The minimum absolute atomic E-state index is 0.00793. The van der Waals surface area contributed by atoms with Gasteiger partial charge in [0.25, 0.3) is 0 Å². The molecule has 2 unspecified atom stereocenters. The van der Waals surface area contributed by atoms with E-state index in [0.717, 1.165) is 12.0 Å². The first kappa shape index (κ1) is 14.9. The van der Waals surface area contributed by atoms with E-state index < -0.39 is 6.04 Å². The molecule has 1 fully saturated rings. The maximum atomic E-state index is 12.3. The number of piperazine rings is 1. The molecule has 1 N–H and O–H groups in total. The summed E-state index contributed by atoms with van der Waals surface area (Å²) in [7, 11) is 0. The van der Waals surface area contributed by atoms with Gasteiger partial charge in [0.2, 0.25) is 11.8 Å². The third-order valence-corrected chi connectivity index (χ3v) is 3.96. The Labute approximate surface area is 124 Å². The summed E-state index contributed by atoms with van der Waals surface area (Å²) in [4.78, 5) is 25.8. The van der Waals surface area contributed by atoms with Crippen LogP contribution in [0.1, 0.15) is 25.8 Å². The van der Waals surface area contributed by atoms with E-state index in [0.29, 0.717) is 18.0 Å². The number of benzene rings is 1. The van der Waals surface area contributed by atoms with E-state index in [2.05, 4.69) is 5.32 Å². The number of hydrogen-bond donors (Lipinski definition) is 1. The molecule has 1 heterocycles.